The van der Waals surface area contributed by atoms with Crippen LogP contribution in [0.3, 0.4) is 0 Å². The van der Waals surface area contributed by atoms with Crippen LogP contribution < -0.4 is 0 Å². The van der Waals surface area contributed by atoms with Crippen LogP contribution in [-0.2, 0) is 12.8 Å². The Balaban J connectivity index is 1.73. The van der Waals surface area contributed by atoms with E-state index in [2.05, 4.69) is 43.3 Å². The van der Waals surface area contributed by atoms with Crippen LogP contribution in [0.2, 0.25) is 10.0 Å². The molecule has 2 aromatic heterocycles. The minimum atomic E-state index is 0.697. The van der Waals surface area contributed by atoms with Gasteiger partial charge in [-0.3, -0.25) is 0 Å². The topological polar surface area (TPSA) is 30.7 Å². The molecule has 5 aromatic rings. The molecular weight excluding hydrogens is 437 g/mol. The molecule has 0 atom stereocenters. The summed E-state index contributed by atoms with van der Waals surface area (Å²) in [5.74, 6) is 0. The van der Waals surface area contributed by atoms with E-state index in [0.717, 1.165) is 51.5 Å². The number of rotatable bonds is 2. The van der Waals surface area contributed by atoms with Crippen molar-refractivity contribution in [3.8, 4) is 28.1 Å². The van der Waals surface area contributed by atoms with Crippen molar-refractivity contribution in [1.82, 2.24) is 14.8 Å². The Morgan fingerprint density at radius 3 is 2.25 bits per heavy atom. The quantitative estimate of drug-likeness (QED) is 0.276. The molecule has 6 rings (SSSR count). The van der Waals surface area contributed by atoms with Crippen molar-refractivity contribution < 1.29 is 0 Å². The number of benzene rings is 3. The van der Waals surface area contributed by atoms with Crippen molar-refractivity contribution in [1.29, 1.82) is 0 Å². The van der Waals surface area contributed by atoms with E-state index in [4.69, 9.17) is 33.3 Å². The first-order valence-electron chi connectivity index (χ1n) is 10.6. The number of aromatic nitrogens is 3. The maximum absolute atomic E-state index is 6.22. The van der Waals surface area contributed by atoms with Crippen LogP contribution in [0.1, 0.15) is 16.8 Å². The molecule has 156 valence electrons. The van der Waals surface area contributed by atoms with E-state index in [-0.39, 0.29) is 0 Å². The maximum Gasteiger partial charge on any atom is 0.164 e. The largest absolute Gasteiger partial charge is 0.228 e. The van der Waals surface area contributed by atoms with Gasteiger partial charge >= 0.3 is 0 Å². The van der Waals surface area contributed by atoms with Crippen molar-refractivity contribution in [2.45, 2.75) is 19.8 Å². The molecule has 0 radical (unpaired) electrons. The standard InChI is InChI=1S/C27H19Cl2N3/c1-16-24-25(18-6-9-19(28)10-7-18)23-15-8-17-4-2-3-5-22(17)26(23)30-27(24)32(31-16)21-13-11-20(29)12-14-21/h2-7,9-14H,8,15H2,1H3. The molecule has 0 saturated heterocycles. The van der Waals surface area contributed by atoms with Gasteiger partial charge in [0.15, 0.2) is 5.65 Å². The highest BCUT2D eigenvalue weighted by atomic mass is 35.5. The average Bonchev–Trinajstić information content (AvgIpc) is 3.15. The summed E-state index contributed by atoms with van der Waals surface area (Å²) in [6, 6.07) is 24.4. The van der Waals surface area contributed by atoms with Gasteiger partial charge in [0.2, 0.25) is 0 Å². The maximum atomic E-state index is 6.22. The molecule has 0 bridgehead atoms. The average molecular weight is 456 g/mol. The summed E-state index contributed by atoms with van der Waals surface area (Å²) in [6.45, 7) is 2.05. The highest BCUT2D eigenvalue weighted by molar-refractivity contribution is 6.31. The van der Waals surface area contributed by atoms with Crippen LogP contribution in [-0.4, -0.2) is 14.8 Å². The predicted octanol–water partition coefficient (Wildman–Crippen LogP) is 7.47. The van der Waals surface area contributed by atoms with Crippen LogP contribution in [0.15, 0.2) is 72.8 Å². The zero-order chi connectivity index (χ0) is 21.8. The zero-order valence-electron chi connectivity index (χ0n) is 17.4. The van der Waals surface area contributed by atoms with Gasteiger partial charge in [0.1, 0.15) is 0 Å². The van der Waals surface area contributed by atoms with E-state index in [1.807, 2.05) is 41.1 Å². The second-order valence-electron chi connectivity index (χ2n) is 8.15. The third-order valence-corrected chi connectivity index (χ3v) is 6.72. The van der Waals surface area contributed by atoms with Crippen LogP contribution in [0.5, 0.6) is 0 Å². The molecule has 1 aliphatic carbocycles. The molecule has 3 nitrogen and oxygen atoms in total. The van der Waals surface area contributed by atoms with E-state index in [1.54, 1.807) is 0 Å². The van der Waals surface area contributed by atoms with Crippen LogP contribution >= 0.6 is 23.2 Å². The molecule has 1 aliphatic rings. The fourth-order valence-corrected chi connectivity index (χ4v) is 5.00. The predicted molar refractivity (Wildman–Crippen MR) is 132 cm³/mol. The molecule has 0 spiro atoms. The van der Waals surface area contributed by atoms with Gasteiger partial charge in [0.05, 0.1) is 22.5 Å². The SMILES string of the molecule is Cc1nn(-c2ccc(Cl)cc2)c2nc3c(c(-c4ccc(Cl)cc4)c12)CCc1ccccc1-3. The number of aryl methyl sites for hydroxylation is 2. The summed E-state index contributed by atoms with van der Waals surface area (Å²) < 4.78 is 1.93. The molecule has 0 fully saturated rings. The van der Waals surface area contributed by atoms with E-state index >= 15 is 0 Å². The Labute approximate surface area is 196 Å². The Bertz CT molecular complexity index is 1480. The first kappa shape index (κ1) is 19.5. The van der Waals surface area contributed by atoms with Gasteiger partial charge in [-0.05, 0) is 78.4 Å². The number of halogens is 2. The Kier molecular flexibility index (Phi) is 4.56. The van der Waals surface area contributed by atoms with Crippen molar-refractivity contribution in [3.05, 3.63) is 99.7 Å². The number of hydrogen-bond acceptors (Lipinski definition) is 2. The molecule has 0 aliphatic heterocycles. The van der Waals surface area contributed by atoms with E-state index in [1.165, 1.54) is 22.3 Å². The molecular formula is C27H19Cl2N3. The van der Waals surface area contributed by atoms with Crippen molar-refractivity contribution in [3.63, 3.8) is 0 Å². The van der Waals surface area contributed by atoms with Gasteiger partial charge in [0.25, 0.3) is 0 Å². The normalized spacial score (nSPS) is 12.6. The van der Waals surface area contributed by atoms with Gasteiger partial charge in [-0.1, -0.05) is 59.6 Å². The molecule has 32 heavy (non-hydrogen) atoms. The zero-order valence-corrected chi connectivity index (χ0v) is 19.0. The molecule has 0 saturated carbocycles. The summed E-state index contributed by atoms with van der Waals surface area (Å²) >= 11 is 12.4. The minimum Gasteiger partial charge on any atom is -0.228 e. The van der Waals surface area contributed by atoms with Gasteiger partial charge < -0.3 is 0 Å². The van der Waals surface area contributed by atoms with Crippen molar-refractivity contribution >= 4 is 34.2 Å². The summed E-state index contributed by atoms with van der Waals surface area (Å²) in [6.07, 6.45) is 1.94. The monoisotopic (exact) mass is 455 g/mol. The number of pyridine rings is 1. The smallest absolute Gasteiger partial charge is 0.164 e. The number of hydrogen-bond donors (Lipinski definition) is 0. The molecule has 5 heteroatoms. The van der Waals surface area contributed by atoms with Crippen LogP contribution in [0, 0.1) is 6.92 Å². The summed E-state index contributed by atoms with van der Waals surface area (Å²) in [4.78, 5) is 5.22. The highest BCUT2D eigenvalue weighted by Gasteiger charge is 2.26. The highest BCUT2D eigenvalue weighted by Crippen LogP contribution is 2.43. The molecule has 0 amide bonds. The number of nitrogens with zero attached hydrogens (tertiary/aromatic N) is 3. The lowest BCUT2D eigenvalue weighted by Gasteiger charge is -2.23. The lowest BCUT2D eigenvalue weighted by Crippen LogP contribution is -2.09. The molecule has 0 unspecified atom stereocenters. The molecule has 0 N–H and O–H groups in total. The lowest BCUT2D eigenvalue weighted by molar-refractivity contribution is 0.875. The fraction of sp³-hybridized carbons (Fsp3) is 0.111. The summed E-state index contributed by atoms with van der Waals surface area (Å²) in [5.41, 5.74) is 9.93. The lowest BCUT2D eigenvalue weighted by atomic mass is 9.83. The van der Waals surface area contributed by atoms with E-state index < -0.39 is 0 Å². The Morgan fingerprint density at radius 1 is 0.812 bits per heavy atom. The Hall–Kier alpha value is -3.14. The Morgan fingerprint density at radius 2 is 1.50 bits per heavy atom. The second-order valence-corrected chi connectivity index (χ2v) is 9.02. The summed E-state index contributed by atoms with van der Waals surface area (Å²) in [5, 5.41) is 7.42. The third kappa shape index (κ3) is 3.04. The van der Waals surface area contributed by atoms with E-state index in [0.29, 0.717) is 5.02 Å². The van der Waals surface area contributed by atoms with Crippen LogP contribution in [0.25, 0.3) is 39.1 Å². The fourth-order valence-electron chi connectivity index (χ4n) is 4.75. The molecule has 2 heterocycles. The van der Waals surface area contributed by atoms with Crippen molar-refractivity contribution in [2.24, 2.45) is 0 Å². The third-order valence-electron chi connectivity index (χ3n) is 6.21. The number of fused-ring (bicyclic) bond motifs is 4. The van der Waals surface area contributed by atoms with Crippen LogP contribution in [0.4, 0.5) is 0 Å². The minimum absolute atomic E-state index is 0.697. The van der Waals surface area contributed by atoms with Gasteiger partial charge in [-0.2, -0.15) is 5.10 Å². The first-order valence-corrected chi connectivity index (χ1v) is 11.4. The van der Waals surface area contributed by atoms with Gasteiger partial charge in [-0.15, -0.1) is 0 Å². The first-order chi connectivity index (χ1) is 15.6. The second kappa shape index (κ2) is 7.47. The van der Waals surface area contributed by atoms with Crippen molar-refractivity contribution in [2.75, 3.05) is 0 Å². The van der Waals surface area contributed by atoms with E-state index in [9.17, 15) is 0 Å². The van der Waals surface area contributed by atoms with Gasteiger partial charge in [0, 0.05) is 15.6 Å². The molecule has 3 aromatic carbocycles. The van der Waals surface area contributed by atoms with Gasteiger partial charge in [-0.25, -0.2) is 9.67 Å². The summed E-state index contributed by atoms with van der Waals surface area (Å²) in [7, 11) is 0.